The lowest BCUT2D eigenvalue weighted by atomic mass is 10.5. The molecule has 0 atom stereocenters. The molecular formula is C6H12O4. The van der Waals surface area contributed by atoms with Crippen LogP contribution in [0.4, 0.5) is 4.79 Å². The van der Waals surface area contributed by atoms with Crippen molar-refractivity contribution in [2.45, 2.75) is 20.3 Å². The summed E-state index contributed by atoms with van der Waals surface area (Å²) in [7, 11) is 0. The van der Waals surface area contributed by atoms with Crippen LogP contribution in [0, 0.1) is 0 Å². The smallest absolute Gasteiger partial charge is 0.433 e. The number of rotatable bonds is 4. The van der Waals surface area contributed by atoms with E-state index in [1.165, 1.54) is 0 Å². The summed E-state index contributed by atoms with van der Waals surface area (Å²) in [4.78, 5) is 18.9. The van der Waals surface area contributed by atoms with Crippen molar-refractivity contribution in [1.29, 1.82) is 0 Å². The Morgan fingerprint density at radius 3 is 2.60 bits per heavy atom. The van der Waals surface area contributed by atoms with Gasteiger partial charge in [0.15, 0.2) is 0 Å². The van der Waals surface area contributed by atoms with E-state index in [1.807, 2.05) is 6.92 Å². The lowest BCUT2D eigenvalue weighted by molar-refractivity contribution is -0.254. The van der Waals surface area contributed by atoms with Crippen LogP contribution in [-0.4, -0.2) is 19.4 Å². The largest absolute Gasteiger partial charge is 0.540 e. The van der Waals surface area contributed by atoms with Crippen molar-refractivity contribution in [3.63, 3.8) is 0 Å². The fraction of sp³-hybridized carbons (Fsp3) is 0.833. The maximum Gasteiger partial charge on any atom is 0.540 e. The average Bonchev–Trinajstić information content (AvgIpc) is 1.89. The molecular weight excluding hydrogens is 136 g/mol. The maximum absolute atomic E-state index is 10.3. The summed E-state index contributed by atoms with van der Waals surface area (Å²) in [6.45, 7) is 4.31. The number of carbonyl (C=O) groups is 1. The minimum atomic E-state index is -0.782. The predicted molar refractivity (Wildman–Crippen MR) is 34.3 cm³/mol. The van der Waals surface area contributed by atoms with Crippen LogP contribution in [0.25, 0.3) is 0 Å². The number of hydrogen-bond donors (Lipinski definition) is 0. The molecule has 4 nitrogen and oxygen atoms in total. The fourth-order valence-electron chi connectivity index (χ4n) is 0.315. The van der Waals surface area contributed by atoms with Gasteiger partial charge in [-0.3, -0.25) is 4.89 Å². The molecule has 0 heterocycles. The van der Waals surface area contributed by atoms with Gasteiger partial charge >= 0.3 is 6.16 Å². The molecule has 0 bridgehead atoms. The molecule has 60 valence electrons. The molecule has 0 aliphatic rings. The van der Waals surface area contributed by atoms with Gasteiger partial charge in [0.25, 0.3) is 0 Å². The zero-order valence-corrected chi connectivity index (χ0v) is 6.25. The van der Waals surface area contributed by atoms with E-state index in [0.29, 0.717) is 13.2 Å². The van der Waals surface area contributed by atoms with E-state index < -0.39 is 6.16 Å². The van der Waals surface area contributed by atoms with E-state index in [0.717, 1.165) is 6.42 Å². The quantitative estimate of drug-likeness (QED) is 0.262. The first-order valence-electron chi connectivity index (χ1n) is 3.27. The van der Waals surface area contributed by atoms with Crippen LogP contribution in [0.3, 0.4) is 0 Å². The van der Waals surface area contributed by atoms with Crippen molar-refractivity contribution in [1.82, 2.24) is 0 Å². The Morgan fingerprint density at radius 2 is 2.10 bits per heavy atom. The fourth-order valence-corrected chi connectivity index (χ4v) is 0.315. The van der Waals surface area contributed by atoms with Gasteiger partial charge in [-0.05, 0) is 13.3 Å². The van der Waals surface area contributed by atoms with Crippen LogP contribution >= 0.6 is 0 Å². The van der Waals surface area contributed by atoms with E-state index in [9.17, 15) is 4.79 Å². The summed E-state index contributed by atoms with van der Waals surface area (Å²) >= 11 is 0. The van der Waals surface area contributed by atoms with Crippen LogP contribution in [-0.2, 0) is 14.5 Å². The molecule has 0 N–H and O–H groups in total. The van der Waals surface area contributed by atoms with Crippen molar-refractivity contribution in [2.75, 3.05) is 13.2 Å². The summed E-state index contributed by atoms with van der Waals surface area (Å²) < 4.78 is 4.40. The van der Waals surface area contributed by atoms with Gasteiger partial charge in [-0.2, -0.15) is 4.89 Å². The summed E-state index contributed by atoms with van der Waals surface area (Å²) in [5.74, 6) is 0. The lowest BCUT2D eigenvalue weighted by Gasteiger charge is -2.00. The molecule has 0 saturated heterocycles. The second kappa shape index (κ2) is 6.35. The molecule has 0 unspecified atom stereocenters. The molecule has 0 aromatic carbocycles. The summed E-state index contributed by atoms with van der Waals surface area (Å²) in [6, 6.07) is 0. The van der Waals surface area contributed by atoms with Crippen LogP contribution in [0.2, 0.25) is 0 Å². The Kier molecular flexibility index (Phi) is 5.86. The highest BCUT2D eigenvalue weighted by atomic mass is 17.2. The minimum absolute atomic E-state index is 0.300. The molecule has 0 saturated carbocycles. The monoisotopic (exact) mass is 148 g/mol. The third-order valence-corrected chi connectivity index (χ3v) is 0.677. The first-order valence-corrected chi connectivity index (χ1v) is 3.27. The van der Waals surface area contributed by atoms with Crippen LogP contribution < -0.4 is 0 Å². The molecule has 0 spiro atoms. The van der Waals surface area contributed by atoms with E-state index in [-0.39, 0.29) is 0 Å². The zero-order chi connectivity index (χ0) is 7.82. The van der Waals surface area contributed by atoms with Crippen molar-refractivity contribution < 1.29 is 19.3 Å². The highest BCUT2D eigenvalue weighted by Crippen LogP contribution is 1.87. The summed E-state index contributed by atoms with van der Waals surface area (Å²) in [6.07, 6.45) is 0.0234. The van der Waals surface area contributed by atoms with Gasteiger partial charge in [-0.25, -0.2) is 4.79 Å². The molecule has 0 aromatic rings. The van der Waals surface area contributed by atoms with Crippen LogP contribution in [0.15, 0.2) is 0 Å². The van der Waals surface area contributed by atoms with Crippen molar-refractivity contribution in [3.8, 4) is 0 Å². The van der Waals surface area contributed by atoms with E-state index in [2.05, 4.69) is 14.5 Å². The molecule has 4 heteroatoms. The standard InChI is InChI=1S/C6H12O4/c1-3-5-9-10-6(7)8-4-2/h3-5H2,1-2H3. The Labute approximate surface area is 60.0 Å². The van der Waals surface area contributed by atoms with Crippen LogP contribution in [0.1, 0.15) is 20.3 Å². The third-order valence-electron chi connectivity index (χ3n) is 0.677. The topological polar surface area (TPSA) is 44.8 Å². The van der Waals surface area contributed by atoms with Gasteiger partial charge in [0.1, 0.15) is 0 Å². The molecule has 0 fully saturated rings. The van der Waals surface area contributed by atoms with E-state index >= 15 is 0 Å². The Morgan fingerprint density at radius 1 is 1.40 bits per heavy atom. The van der Waals surface area contributed by atoms with Gasteiger partial charge < -0.3 is 4.74 Å². The van der Waals surface area contributed by atoms with E-state index in [4.69, 9.17) is 0 Å². The molecule has 10 heavy (non-hydrogen) atoms. The second-order valence-electron chi connectivity index (χ2n) is 1.59. The minimum Gasteiger partial charge on any atom is -0.433 e. The maximum atomic E-state index is 10.3. The summed E-state index contributed by atoms with van der Waals surface area (Å²) in [5, 5.41) is 0. The third kappa shape index (κ3) is 5.37. The number of carbonyl (C=O) groups excluding carboxylic acids is 1. The molecule has 0 rings (SSSR count). The van der Waals surface area contributed by atoms with Crippen LogP contribution in [0.5, 0.6) is 0 Å². The normalized spacial score (nSPS) is 9.00. The second-order valence-corrected chi connectivity index (χ2v) is 1.59. The molecule has 0 aliphatic heterocycles. The molecule has 0 amide bonds. The highest BCUT2D eigenvalue weighted by molar-refractivity contribution is 5.58. The average molecular weight is 148 g/mol. The van der Waals surface area contributed by atoms with Gasteiger partial charge in [0.2, 0.25) is 0 Å². The van der Waals surface area contributed by atoms with E-state index in [1.54, 1.807) is 6.92 Å². The molecule has 0 radical (unpaired) electrons. The zero-order valence-electron chi connectivity index (χ0n) is 6.25. The van der Waals surface area contributed by atoms with Gasteiger partial charge in [0.05, 0.1) is 13.2 Å². The Bertz CT molecular complexity index is 91.7. The molecule has 0 aliphatic carbocycles. The predicted octanol–water partition coefficient (Wildman–Crippen LogP) is 1.50. The van der Waals surface area contributed by atoms with Gasteiger partial charge in [0, 0.05) is 0 Å². The molecule has 0 aromatic heterocycles. The summed E-state index contributed by atoms with van der Waals surface area (Å²) in [5.41, 5.74) is 0. The van der Waals surface area contributed by atoms with Gasteiger partial charge in [-0.1, -0.05) is 6.92 Å². The Balaban J connectivity index is 3.05. The number of ether oxygens (including phenoxy) is 1. The Hall–Kier alpha value is -0.770. The lowest BCUT2D eigenvalue weighted by Crippen LogP contribution is -2.07. The highest BCUT2D eigenvalue weighted by Gasteiger charge is 2.00. The SMILES string of the molecule is CCCOOC(=O)OCC. The van der Waals surface area contributed by atoms with Crippen molar-refractivity contribution >= 4 is 6.16 Å². The number of hydrogen-bond acceptors (Lipinski definition) is 4. The first-order chi connectivity index (χ1) is 4.81. The van der Waals surface area contributed by atoms with Crippen molar-refractivity contribution in [3.05, 3.63) is 0 Å². The van der Waals surface area contributed by atoms with Crippen molar-refractivity contribution in [2.24, 2.45) is 0 Å². The first kappa shape index (κ1) is 9.23. The van der Waals surface area contributed by atoms with Gasteiger partial charge in [-0.15, -0.1) is 0 Å².